The molecule has 0 spiro atoms. The highest BCUT2D eigenvalue weighted by Crippen LogP contribution is 2.45. The molecular weight excluding hydrogens is 463 g/mol. The number of nitrogens with one attached hydrogen (secondary N) is 2. The van der Waals surface area contributed by atoms with E-state index < -0.39 is 24.6 Å². The number of aromatic nitrogens is 2. The molecular formula is C24H28F3N5O3. The molecule has 2 aromatic rings. The standard InChI is InChI=1S/C24H28F3N5O3/c1-10-16-12(25)8-28-22-17(16)20(30-18(10)21(33)31-24(3)6-7-24)32-15(9-34-23(26)27)13-4-5-14(29-13)19(32)11(2)35-22/h8,11,13-15,19,23,29H,4-7,9H2,1-3H3,(H,31,33). The molecule has 35 heavy (non-hydrogen) atoms. The Labute approximate surface area is 200 Å². The number of rotatable bonds is 5. The second-order valence-corrected chi connectivity index (χ2v) is 10.4. The third kappa shape index (κ3) is 3.62. The van der Waals surface area contributed by atoms with Crippen molar-refractivity contribution in [3.05, 3.63) is 23.3 Å². The van der Waals surface area contributed by atoms with Gasteiger partial charge in [-0.2, -0.15) is 8.78 Å². The summed E-state index contributed by atoms with van der Waals surface area (Å²) in [7, 11) is 0. The minimum atomic E-state index is -2.92. The van der Waals surface area contributed by atoms with Crippen LogP contribution in [0.15, 0.2) is 6.20 Å². The first-order valence-corrected chi connectivity index (χ1v) is 12.1. The van der Waals surface area contributed by atoms with Crippen LogP contribution in [0.2, 0.25) is 0 Å². The molecule has 5 atom stereocenters. The van der Waals surface area contributed by atoms with Gasteiger partial charge < -0.3 is 25.0 Å². The Balaban J connectivity index is 1.57. The van der Waals surface area contributed by atoms with Crippen molar-refractivity contribution < 1.29 is 27.4 Å². The van der Waals surface area contributed by atoms with Gasteiger partial charge in [-0.05, 0) is 52.0 Å². The van der Waals surface area contributed by atoms with Crippen molar-refractivity contribution in [2.24, 2.45) is 0 Å². The van der Waals surface area contributed by atoms with Crippen molar-refractivity contribution in [1.82, 2.24) is 20.6 Å². The Kier molecular flexibility index (Phi) is 5.16. The fraction of sp³-hybridized carbons (Fsp3) is 0.625. The molecule has 1 saturated carbocycles. The predicted molar refractivity (Wildman–Crippen MR) is 121 cm³/mol. The number of hydrogen-bond donors (Lipinski definition) is 2. The minimum absolute atomic E-state index is 0.0118. The SMILES string of the molecule is Cc1c(C(=O)NC2(C)CC2)nc2c3c(ncc(F)c13)OC(C)C1C3CCC(N3)C(COC(F)F)N21. The van der Waals surface area contributed by atoms with Gasteiger partial charge in [-0.3, -0.25) is 4.79 Å². The van der Waals surface area contributed by atoms with Crippen molar-refractivity contribution >= 4 is 22.5 Å². The van der Waals surface area contributed by atoms with Gasteiger partial charge in [0.25, 0.3) is 5.91 Å². The Morgan fingerprint density at radius 2 is 2.09 bits per heavy atom. The van der Waals surface area contributed by atoms with E-state index in [1.807, 2.05) is 18.7 Å². The number of alkyl halides is 2. The van der Waals surface area contributed by atoms with Crippen LogP contribution in [-0.4, -0.2) is 64.9 Å². The van der Waals surface area contributed by atoms with E-state index in [4.69, 9.17) is 14.5 Å². The van der Waals surface area contributed by atoms with Crippen LogP contribution in [0.25, 0.3) is 10.8 Å². The number of piperazine rings is 1. The number of halogens is 3. The van der Waals surface area contributed by atoms with Gasteiger partial charge >= 0.3 is 6.61 Å². The van der Waals surface area contributed by atoms with Crippen LogP contribution in [-0.2, 0) is 4.74 Å². The first-order valence-electron chi connectivity index (χ1n) is 12.1. The van der Waals surface area contributed by atoms with Crippen molar-refractivity contribution in [2.45, 2.75) is 88.9 Å². The zero-order chi connectivity index (χ0) is 24.6. The quantitative estimate of drug-likeness (QED) is 0.665. The van der Waals surface area contributed by atoms with Crippen LogP contribution in [0, 0.1) is 12.7 Å². The maximum Gasteiger partial charge on any atom is 0.345 e. The van der Waals surface area contributed by atoms with Crippen LogP contribution in [0.5, 0.6) is 5.88 Å². The van der Waals surface area contributed by atoms with Crippen LogP contribution >= 0.6 is 0 Å². The van der Waals surface area contributed by atoms with Crippen LogP contribution < -0.4 is 20.3 Å². The monoisotopic (exact) mass is 491 g/mol. The number of pyridine rings is 2. The summed E-state index contributed by atoms with van der Waals surface area (Å²) >= 11 is 0. The molecule has 8 nitrogen and oxygen atoms in total. The minimum Gasteiger partial charge on any atom is -0.472 e. The molecule has 5 unspecified atom stereocenters. The van der Waals surface area contributed by atoms with Gasteiger partial charge in [0.2, 0.25) is 5.88 Å². The van der Waals surface area contributed by atoms with Crippen molar-refractivity contribution in [3.63, 3.8) is 0 Å². The molecule has 6 rings (SSSR count). The zero-order valence-corrected chi connectivity index (χ0v) is 19.8. The third-order valence-corrected chi connectivity index (χ3v) is 7.99. The number of aryl methyl sites for hydroxylation is 1. The maximum absolute atomic E-state index is 15.3. The number of carbonyl (C=O) groups is 1. The van der Waals surface area contributed by atoms with Gasteiger partial charge in [0, 0.05) is 23.0 Å². The largest absolute Gasteiger partial charge is 0.472 e. The van der Waals surface area contributed by atoms with E-state index in [9.17, 15) is 13.6 Å². The molecule has 4 aliphatic rings. The van der Waals surface area contributed by atoms with Gasteiger partial charge in [-0.25, -0.2) is 14.4 Å². The Morgan fingerprint density at radius 3 is 2.80 bits per heavy atom. The van der Waals surface area contributed by atoms with Gasteiger partial charge in [-0.15, -0.1) is 0 Å². The smallest absolute Gasteiger partial charge is 0.345 e. The van der Waals surface area contributed by atoms with E-state index in [0.717, 1.165) is 31.9 Å². The number of anilines is 1. The highest BCUT2D eigenvalue weighted by atomic mass is 19.3. The van der Waals surface area contributed by atoms with Crippen molar-refractivity contribution in [1.29, 1.82) is 0 Å². The highest BCUT2D eigenvalue weighted by Gasteiger charge is 2.52. The summed E-state index contributed by atoms with van der Waals surface area (Å²) in [6.45, 7) is 2.33. The average Bonchev–Trinajstić information content (AvgIpc) is 3.41. The summed E-state index contributed by atoms with van der Waals surface area (Å²) in [5, 5.41) is 7.10. The molecule has 3 aliphatic heterocycles. The Hall–Kier alpha value is -2.66. The number of ether oxygens (including phenoxy) is 2. The van der Waals surface area contributed by atoms with E-state index in [2.05, 4.69) is 15.6 Å². The summed E-state index contributed by atoms with van der Waals surface area (Å²) < 4.78 is 52.5. The van der Waals surface area contributed by atoms with Gasteiger partial charge in [0.1, 0.15) is 23.4 Å². The van der Waals surface area contributed by atoms with Crippen LogP contribution in [0.1, 0.15) is 55.6 Å². The van der Waals surface area contributed by atoms with Crippen molar-refractivity contribution in [3.8, 4) is 5.88 Å². The van der Waals surface area contributed by atoms with E-state index in [0.29, 0.717) is 16.8 Å². The summed E-state index contributed by atoms with van der Waals surface area (Å²) in [6.07, 6.45) is 4.01. The summed E-state index contributed by atoms with van der Waals surface area (Å²) in [5.74, 6) is -0.426. The summed E-state index contributed by atoms with van der Waals surface area (Å²) in [6, 6.07) is -0.917. The zero-order valence-electron chi connectivity index (χ0n) is 19.8. The average molecular weight is 492 g/mol. The molecule has 2 N–H and O–H groups in total. The number of nitrogens with zero attached hydrogens (tertiary/aromatic N) is 3. The lowest BCUT2D eigenvalue weighted by Gasteiger charge is -2.48. The first kappa shape index (κ1) is 22.8. The topological polar surface area (TPSA) is 88.6 Å². The van der Waals surface area contributed by atoms with Crippen molar-refractivity contribution in [2.75, 3.05) is 11.5 Å². The molecule has 5 heterocycles. The maximum atomic E-state index is 15.3. The molecule has 2 bridgehead atoms. The summed E-state index contributed by atoms with van der Waals surface area (Å²) in [5.41, 5.74) is 0.210. The van der Waals surface area contributed by atoms with E-state index in [1.54, 1.807) is 6.92 Å². The number of carbonyl (C=O) groups excluding carboxylic acids is 1. The first-order chi connectivity index (χ1) is 16.7. The second kappa shape index (κ2) is 7.92. The van der Waals surface area contributed by atoms with Gasteiger partial charge in [-0.1, -0.05) is 0 Å². The molecule has 2 saturated heterocycles. The van der Waals surface area contributed by atoms with Crippen LogP contribution in [0.4, 0.5) is 19.0 Å². The predicted octanol–water partition coefficient (Wildman–Crippen LogP) is 3.06. The second-order valence-electron chi connectivity index (χ2n) is 10.4. The van der Waals surface area contributed by atoms with E-state index in [-0.39, 0.29) is 53.1 Å². The lowest BCUT2D eigenvalue weighted by atomic mass is 9.95. The fourth-order valence-corrected chi connectivity index (χ4v) is 6.00. The van der Waals surface area contributed by atoms with E-state index >= 15 is 4.39 Å². The molecule has 1 aliphatic carbocycles. The normalized spacial score (nSPS) is 30.1. The third-order valence-electron chi connectivity index (χ3n) is 7.99. The molecule has 2 aromatic heterocycles. The molecule has 0 aromatic carbocycles. The lowest BCUT2D eigenvalue weighted by molar-refractivity contribution is -0.134. The summed E-state index contributed by atoms with van der Waals surface area (Å²) in [4.78, 5) is 24.2. The number of hydrogen-bond acceptors (Lipinski definition) is 7. The molecule has 0 radical (unpaired) electrons. The Bertz CT molecular complexity index is 1210. The highest BCUT2D eigenvalue weighted by molar-refractivity contribution is 6.05. The van der Waals surface area contributed by atoms with Gasteiger partial charge in [0.15, 0.2) is 0 Å². The number of amides is 1. The van der Waals surface area contributed by atoms with Gasteiger partial charge in [0.05, 0.1) is 30.3 Å². The van der Waals surface area contributed by atoms with E-state index in [1.165, 1.54) is 0 Å². The Morgan fingerprint density at radius 1 is 1.34 bits per heavy atom. The molecule has 3 fully saturated rings. The molecule has 188 valence electrons. The lowest BCUT2D eigenvalue weighted by Crippen LogP contribution is -2.68. The molecule has 1 amide bonds. The molecule has 11 heteroatoms. The fourth-order valence-electron chi connectivity index (χ4n) is 6.00. The number of fused-ring (bicyclic) bond motifs is 5. The van der Waals surface area contributed by atoms with Crippen LogP contribution in [0.3, 0.4) is 0 Å².